The maximum Gasteiger partial charge on any atom is 0.246 e. The highest BCUT2D eigenvalue weighted by atomic mass is 32.2. The van der Waals surface area contributed by atoms with Crippen LogP contribution in [0.25, 0.3) is 0 Å². The third-order valence-corrected chi connectivity index (χ3v) is 6.47. The van der Waals surface area contributed by atoms with Crippen LogP contribution in [0, 0.1) is 0 Å². The first-order valence-electron chi connectivity index (χ1n) is 8.25. The van der Waals surface area contributed by atoms with Crippen LogP contribution in [0.5, 0.6) is 5.75 Å². The number of hydrogen-bond acceptors (Lipinski definition) is 4. The summed E-state index contributed by atoms with van der Waals surface area (Å²) in [6.07, 6.45) is 7.39. The molecule has 0 saturated carbocycles. The third-order valence-electron chi connectivity index (χ3n) is 4.56. The van der Waals surface area contributed by atoms with Gasteiger partial charge >= 0.3 is 0 Å². The molecule has 24 heavy (non-hydrogen) atoms. The number of sulfonamides is 1. The van der Waals surface area contributed by atoms with Gasteiger partial charge in [0.05, 0.1) is 6.20 Å². The number of piperidine rings is 1. The van der Waals surface area contributed by atoms with Gasteiger partial charge in [-0.2, -0.15) is 9.40 Å². The molecule has 1 aliphatic rings. The molecule has 1 aliphatic heterocycles. The number of nitrogens with zero attached hydrogens (tertiary/aromatic N) is 3. The van der Waals surface area contributed by atoms with Crippen molar-refractivity contribution in [2.75, 3.05) is 6.54 Å². The molecule has 0 radical (unpaired) electrons. The summed E-state index contributed by atoms with van der Waals surface area (Å²) in [5.74, 6) is 0.247. The zero-order valence-electron chi connectivity index (χ0n) is 13.8. The number of phenols is 1. The normalized spacial score (nSPS) is 19.5. The smallest absolute Gasteiger partial charge is 0.246 e. The van der Waals surface area contributed by atoms with E-state index in [1.807, 2.05) is 12.1 Å². The molecule has 1 fully saturated rings. The Morgan fingerprint density at radius 2 is 2.00 bits per heavy atom. The number of phenolic OH excluding ortho intramolecular Hbond substituents is 1. The quantitative estimate of drug-likeness (QED) is 0.899. The van der Waals surface area contributed by atoms with Gasteiger partial charge in [0.15, 0.2) is 0 Å². The minimum absolute atomic E-state index is 0.0118. The Morgan fingerprint density at radius 1 is 1.25 bits per heavy atom. The second-order valence-corrected chi connectivity index (χ2v) is 8.21. The lowest BCUT2D eigenvalue weighted by Gasteiger charge is -2.34. The Balaban J connectivity index is 1.74. The summed E-state index contributed by atoms with van der Waals surface area (Å²) >= 11 is 0. The number of aromatic hydroxyl groups is 1. The van der Waals surface area contributed by atoms with Crippen molar-refractivity contribution < 1.29 is 13.5 Å². The molecule has 0 bridgehead atoms. The number of aromatic nitrogens is 2. The molecule has 0 aliphatic carbocycles. The van der Waals surface area contributed by atoms with Crippen LogP contribution in [0.2, 0.25) is 0 Å². The first-order valence-corrected chi connectivity index (χ1v) is 9.69. The van der Waals surface area contributed by atoms with Gasteiger partial charge < -0.3 is 5.11 Å². The summed E-state index contributed by atoms with van der Waals surface area (Å²) in [4.78, 5) is 0.265. The lowest BCUT2D eigenvalue weighted by Crippen LogP contribution is -2.43. The highest BCUT2D eigenvalue weighted by Crippen LogP contribution is 2.28. The zero-order chi connectivity index (χ0) is 17.2. The van der Waals surface area contributed by atoms with Crippen molar-refractivity contribution in [1.29, 1.82) is 0 Å². The molecule has 7 heteroatoms. The number of benzene rings is 1. The molecule has 1 N–H and O–H groups in total. The fraction of sp³-hybridized carbons (Fsp3) is 0.471. The van der Waals surface area contributed by atoms with E-state index in [2.05, 4.69) is 5.10 Å². The minimum Gasteiger partial charge on any atom is -0.508 e. The van der Waals surface area contributed by atoms with Gasteiger partial charge in [-0.3, -0.25) is 4.68 Å². The summed E-state index contributed by atoms with van der Waals surface area (Å²) in [5, 5.41) is 13.3. The summed E-state index contributed by atoms with van der Waals surface area (Å²) in [6, 6.07) is 7.12. The topological polar surface area (TPSA) is 75.4 Å². The van der Waals surface area contributed by atoms with Gasteiger partial charge in [0.2, 0.25) is 10.0 Å². The summed E-state index contributed by atoms with van der Waals surface area (Å²) in [7, 11) is -1.77. The summed E-state index contributed by atoms with van der Waals surface area (Å²) in [6.45, 7) is 0.567. The van der Waals surface area contributed by atoms with E-state index in [1.165, 1.54) is 10.9 Å². The molecule has 1 atom stereocenters. The number of hydrogen-bond donors (Lipinski definition) is 1. The van der Waals surface area contributed by atoms with E-state index in [0.29, 0.717) is 6.54 Å². The van der Waals surface area contributed by atoms with Crippen molar-refractivity contribution in [3.05, 3.63) is 42.2 Å². The molecule has 3 rings (SSSR count). The predicted octanol–water partition coefficient (Wildman–Crippen LogP) is 2.30. The summed E-state index contributed by atoms with van der Waals surface area (Å²) in [5.41, 5.74) is 1.11. The van der Waals surface area contributed by atoms with E-state index < -0.39 is 10.0 Å². The lowest BCUT2D eigenvalue weighted by molar-refractivity contribution is 0.241. The van der Waals surface area contributed by atoms with Crippen LogP contribution in [0.4, 0.5) is 0 Å². The lowest BCUT2D eigenvalue weighted by atomic mass is 9.98. The van der Waals surface area contributed by atoms with Gasteiger partial charge in [-0.15, -0.1) is 0 Å². The van der Waals surface area contributed by atoms with Gasteiger partial charge in [-0.1, -0.05) is 18.6 Å². The number of aryl methyl sites for hydroxylation is 2. The van der Waals surface area contributed by atoms with Gasteiger partial charge in [-0.05, 0) is 43.4 Å². The van der Waals surface area contributed by atoms with Crippen LogP contribution >= 0.6 is 0 Å². The summed E-state index contributed by atoms with van der Waals surface area (Å²) < 4.78 is 29.0. The molecule has 2 heterocycles. The SMILES string of the molecule is Cn1cc(S(=O)(=O)N2CCCCC2CCc2ccc(O)cc2)cn1. The largest absolute Gasteiger partial charge is 0.508 e. The monoisotopic (exact) mass is 349 g/mol. The van der Waals surface area contributed by atoms with E-state index in [9.17, 15) is 13.5 Å². The van der Waals surface area contributed by atoms with E-state index in [1.54, 1.807) is 29.7 Å². The van der Waals surface area contributed by atoms with Crippen molar-refractivity contribution in [2.45, 2.75) is 43.0 Å². The fourth-order valence-electron chi connectivity index (χ4n) is 3.24. The van der Waals surface area contributed by atoms with Crippen LogP contribution in [-0.2, 0) is 23.5 Å². The predicted molar refractivity (Wildman–Crippen MR) is 91.2 cm³/mol. The molecule has 0 amide bonds. The second kappa shape index (κ2) is 6.94. The number of rotatable bonds is 5. The van der Waals surface area contributed by atoms with Crippen LogP contribution in [0.15, 0.2) is 41.6 Å². The maximum absolute atomic E-state index is 12.9. The molecule has 1 unspecified atom stereocenters. The van der Waals surface area contributed by atoms with E-state index in [0.717, 1.165) is 37.7 Å². The van der Waals surface area contributed by atoms with Crippen molar-refractivity contribution in [2.24, 2.45) is 7.05 Å². The van der Waals surface area contributed by atoms with Crippen molar-refractivity contribution in [3.63, 3.8) is 0 Å². The Morgan fingerprint density at radius 3 is 2.67 bits per heavy atom. The van der Waals surface area contributed by atoms with E-state index in [4.69, 9.17) is 0 Å². The van der Waals surface area contributed by atoms with E-state index >= 15 is 0 Å². The molecule has 1 saturated heterocycles. The highest BCUT2D eigenvalue weighted by Gasteiger charge is 2.33. The van der Waals surface area contributed by atoms with Gasteiger partial charge in [0.1, 0.15) is 10.6 Å². The molecule has 1 aromatic carbocycles. The fourth-order valence-corrected chi connectivity index (χ4v) is 4.95. The first kappa shape index (κ1) is 17.0. The standard InChI is InChI=1S/C17H23N3O3S/c1-19-13-17(12-18-19)24(22,23)20-11-3-2-4-15(20)8-5-14-6-9-16(21)10-7-14/h6-7,9-10,12-13,15,21H,2-5,8,11H2,1H3. The highest BCUT2D eigenvalue weighted by molar-refractivity contribution is 7.89. The Bertz CT molecular complexity index is 784. The van der Waals surface area contributed by atoms with E-state index in [-0.39, 0.29) is 16.7 Å². The first-order chi connectivity index (χ1) is 11.5. The van der Waals surface area contributed by atoms with Crippen molar-refractivity contribution in [3.8, 4) is 5.75 Å². The molecule has 0 spiro atoms. The minimum atomic E-state index is -3.49. The van der Waals surface area contributed by atoms with Crippen molar-refractivity contribution in [1.82, 2.24) is 14.1 Å². The average Bonchev–Trinajstić information content (AvgIpc) is 3.02. The van der Waals surface area contributed by atoms with Crippen LogP contribution in [0.3, 0.4) is 0 Å². The van der Waals surface area contributed by atoms with Gasteiger partial charge in [0, 0.05) is 25.8 Å². The maximum atomic E-state index is 12.9. The molecule has 6 nitrogen and oxygen atoms in total. The van der Waals surface area contributed by atoms with Crippen LogP contribution < -0.4 is 0 Å². The molecule has 2 aromatic rings. The zero-order valence-corrected chi connectivity index (χ0v) is 14.6. The average molecular weight is 349 g/mol. The van der Waals surface area contributed by atoms with Gasteiger partial charge in [0.25, 0.3) is 0 Å². The third kappa shape index (κ3) is 3.62. The van der Waals surface area contributed by atoms with Gasteiger partial charge in [-0.25, -0.2) is 8.42 Å². The van der Waals surface area contributed by atoms with Crippen LogP contribution in [-0.4, -0.2) is 40.2 Å². The molecule has 1 aromatic heterocycles. The Hall–Kier alpha value is -1.86. The molecular formula is C17H23N3O3S. The van der Waals surface area contributed by atoms with Crippen LogP contribution in [0.1, 0.15) is 31.2 Å². The Kier molecular flexibility index (Phi) is 4.91. The van der Waals surface area contributed by atoms with Crippen molar-refractivity contribution >= 4 is 10.0 Å². The molecular weight excluding hydrogens is 326 g/mol. The second-order valence-electron chi connectivity index (χ2n) is 6.32. The Labute approximate surface area is 142 Å². The molecule has 130 valence electrons.